The molecule has 0 bridgehead atoms. The van der Waals surface area contributed by atoms with Crippen LogP contribution in [0.3, 0.4) is 0 Å². The fourth-order valence-corrected chi connectivity index (χ4v) is 5.48. The highest BCUT2D eigenvalue weighted by Gasteiger charge is 2.19. The van der Waals surface area contributed by atoms with Crippen molar-refractivity contribution in [3.63, 3.8) is 0 Å². The zero-order valence-corrected chi connectivity index (χ0v) is 33.1. The minimum atomic E-state index is -0.789. The molecule has 292 valence electrons. The number of carbonyl (C=O) groups is 3. The van der Waals surface area contributed by atoms with Crippen LogP contribution in [0.25, 0.3) is 0 Å². The highest BCUT2D eigenvalue weighted by Crippen LogP contribution is 2.13. The highest BCUT2D eigenvalue weighted by molar-refractivity contribution is 5.71. The maximum absolute atomic E-state index is 12.6. The predicted molar refractivity (Wildman–Crippen MR) is 215 cm³/mol. The SMILES string of the molecule is CC\C=C/C=C\C=C/CCCCCCCC(=O)OCC(COC(=O)CCCC/C=C\C/C=C\CC)OC(=O)CCCCCCCCCCCCC. The summed E-state index contributed by atoms with van der Waals surface area (Å²) in [5.74, 6) is -0.959. The van der Waals surface area contributed by atoms with Gasteiger partial charge in [-0.15, -0.1) is 0 Å². The zero-order chi connectivity index (χ0) is 37.3. The molecule has 6 nitrogen and oxygen atoms in total. The van der Waals surface area contributed by atoms with Crippen molar-refractivity contribution in [2.24, 2.45) is 0 Å². The number of hydrogen-bond acceptors (Lipinski definition) is 6. The second kappa shape index (κ2) is 39.9. The van der Waals surface area contributed by atoms with Gasteiger partial charge in [0.2, 0.25) is 0 Å². The third-order valence-corrected chi connectivity index (χ3v) is 8.58. The minimum Gasteiger partial charge on any atom is -0.462 e. The van der Waals surface area contributed by atoms with Gasteiger partial charge in [0.15, 0.2) is 6.10 Å². The lowest BCUT2D eigenvalue weighted by molar-refractivity contribution is -0.167. The van der Waals surface area contributed by atoms with E-state index in [0.717, 1.165) is 96.3 Å². The number of carbonyl (C=O) groups excluding carboxylic acids is 3. The summed E-state index contributed by atoms with van der Waals surface area (Å²) in [6, 6.07) is 0. The number of rotatable bonds is 36. The summed E-state index contributed by atoms with van der Waals surface area (Å²) in [7, 11) is 0. The largest absolute Gasteiger partial charge is 0.462 e. The number of hydrogen-bond donors (Lipinski definition) is 0. The molecule has 0 heterocycles. The second-order valence-corrected chi connectivity index (χ2v) is 13.6. The van der Waals surface area contributed by atoms with Gasteiger partial charge in [-0.2, -0.15) is 0 Å². The third-order valence-electron chi connectivity index (χ3n) is 8.58. The summed E-state index contributed by atoms with van der Waals surface area (Å²) in [5, 5.41) is 0. The number of ether oxygens (including phenoxy) is 3. The normalized spacial score (nSPS) is 12.6. The van der Waals surface area contributed by atoms with Gasteiger partial charge in [-0.25, -0.2) is 0 Å². The molecule has 0 aromatic heterocycles. The molecule has 0 rings (SSSR count). The fraction of sp³-hybridized carbons (Fsp3) is 0.711. The molecule has 0 fully saturated rings. The van der Waals surface area contributed by atoms with Crippen molar-refractivity contribution in [1.82, 2.24) is 0 Å². The third kappa shape index (κ3) is 38.2. The van der Waals surface area contributed by atoms with Gasteiger partial charge in [-0.3, -0.25) is 14.4 Å². The summed E-state index contributed by atoms with van der Waals surface area (Å²) >= 11 is 0. The monoisotopic (exact) mass is 713 g/mol. The highest BCUT2D eigenvalue weighted by atomic mass is 16.6. The summed E-state index contributed by atoms with van der Waals surface area (Å²) in [4.78, 5) is 37.5. The van der Waals surface area contributed by atoms with Crippen LogP contribution in [-0.4, -0.2) is 37.2 Å². The summed E-state index contributed by atoms with van der Waals surface area (Å²) in [6.45, 7) is 6.30. The van der Waals surface area contributed by atoms with Crippen molar-refractivity contribution >= 4 is 17.9 Å². The molecule has 51 heavy (non-hydrogen) atoms. The molecule has 0 aliphatic carbocycles. The Kier molecular flexibility index (Phi) is 37.6. The van der Waals surface area contributed by atoms with Crippen molar-refractivity contribution < 1.29 is 28.6 Å². The molecule has 0 aliphatic heterocycles. The van der Waals surface area contributed by atoms with Crippen molar-refractivity contribution in [1.29, 1.82) is 0 Å². The Morgan fingerprint density at radius 2 is 0.863 bits per heavy atom. The molecule has 1 unspecified atom stereocenters. The number of esters is 3. The van der Waals surface area contributed by atoms with E-state index in [0.29, 0.717) is 19.3 Å². The average molecular weight is 713 g/mol. The first kappa shape index (κ1) is 48.1. The van der Waals surface area contributed by atoms with Crippen LogP contribution >= 0.6 is 0 Å². The molecule has 0 spiro atoms. The van der Waals surface area contributed by atoms with Crippen LogP contribution in [0.2, 0.25) is 0 Å². The topological polar surface area (TPSA) is 78.9 Å². The summed E-state index contributed by atoms with van der Waals surface area (Å²) < 4.78 is 16.6. The van der Waals surface area contributed by atoms with E-state index in [4.69, 9.17) is 14.2 Å². The van der Waals surface area contributed by atoms with E-state index in [1.165, 1.54) is 51.4 Å². The average Bonchev–Trinajstić information content (AvgIpc) is 3.12. The van der Waals surface area contributed by atoms with E-state index in [-0.39, 0.29) is 31.1 Å². The van der Waals surface area contributed by atoms with Crippen molar-refractivity contribution in [3.05, 3.63) is 60.8 Å². The molecule has 1 atom stereocenters. The van der Waals surface area contributed by atoms with E-state index in [1.807, 2.05) is 6.08 Å². The Labute approximate surface area is 313 Å². The first-order valence-corrected chi connectivity index (χ1v) is 20.8. The van der Waals surface area contributed by atoms with Crippen LogP contribution in [-0.2, 0) is 28.6 Å². The zero-order valence-electron chi connectivity index (χ0n) is 33.1. The molecule has 0 amide bonds. The van der Waals surface area contributed by atoms with E-state index in [2.05, 4.69) is 75.5 Å². The Hall–Kier alpha value is -2.89. The van der Waals surface area contributed by atoms with E-state index in [1.54, 1.807) is 0 Å². The van der Waals surface area contributed by atoms with E-state index >= 15 is 0 Å². The van der Waals surface area contributed by atoms with Crippen LogP contribution in [0.1, 0.15) is 188 Å². The smallest absolute Gasteiger partial charge is 0.306 e. The van der Waals surface area contributed by atoms with Crippen LogP contribution in [0.15, 0.2) is 60.8 Å². The van der Waals surface area contributed by atoms with Crippen molar-refractivity contribution in [2.45, 2.75) is 194 Å². The standard InChI is InChI=1S/C45H76O6/c1-4-7-10-13-16-19-21-22-24-26-29-32-35-38-44(47)50-41-42(40-49-43(46)37-34-31-28-25-18-15-12-9-6-3)51-45(48)39-36-33-30-27-23-20-17-14-11-8-5-2/h7,9-10,12-13,16,18-19,21,25,42H,4-6,8,11,14-15,17,20,22-24,26-41H2,1-3H3/b10-7-,12-9-,16-13-,21-19-,25-18-. The molecule has 0 aliphatic rings. The van der Waals surface area contributed by atoms with Crippen LogP contribution in [0.5, 0.6) is 0 Å². The molecule has 0 N–H and O–H groups in total. The van der Waals surface area contributed by atoms with Gasteiger partial charge >= 0.3 is 17.9 Å². The van der Waals surface area contributed by atoms with Crippen LogP contribution in [0.4, 0.5) is 0 Å². The van der Waals surface area contributed by atoms with E-state index in [9.17, 15) is 14.4 Å². The van der Waals surface area contributed by atoms with Crippen LogP contribution < -0.4 is 0 Å². The molecular weight excluding hydrogens is 636 g/mol. The lowest BCUT2D eigenvalue weighted by atomic mass is 10.1. The molecule has 0 radical (unpaired) electrons. The van der Waals surface area contributed by atoms with Gasteiger partial charge in [-0.1, -0.05) is 165 Å². The Morgan fingerprint density at radius 1 is 0.431 bits per heavy atom. The number of unbranched alkanes of at least 4 members (excludes halogenated alkanes) is 17. The Balaban J connectivity index is 4.43. The molecule has 6 heteroatoms. The molecule has 0 saturated heterocycles. The first-order chi connectivity index (χ1) is 25.0. The van der Waals surface area contributed by atoms with Gasteiger partial charge in [-0.05, 0) is 64.2 Å². The number of allylic oxidation sites excluding steroid dienone is 10. The Morgan fingerprint density at radius 3 is 1.43 bits per heavy atom. The van der Waals surface area contributed by atoms with Crippen molar-refractivity contribution in [3.8, 4) is 0 Å². The quantitative estimate of drug-likeness (QED) is 0.0211. The second-order valence-electron chi connectivity index (χ2n) is 13.6. The van der Waals surface area contributed by atoms with Crippen molar-refractivity contribution in [2.75, 3.05) is 13.2 Å². The van der Waals surface area contributed by atoms with Gasteiger partial charge in [0.25, 0.3) is 0 Å². The minimum absolute atomic E-state index is 0.0948. The Bertz CT molecular complexity index is 960. The van der Waals surface area contributed by atoms with Crippen LogP contribution in [0, 0.1) is 0 Å². The van der Waals surface area contributed by atoms with Gasteiger partial charge < -0.3 is 14.2 Å². The maximum Gasteiger partial charge on any atom is 0.306 e. The summed E-state index contributed by atoms with van der Waals surface area (Å²) in [6.07, 6.45) is 46.4. The van der Waals surface area contributed by atoms with Gasteiger partial charge in [0.1, 0.15) is 13.2 Å². The lowest BCUT2D eigenvalue weighted by Crippen LogP contribution is -2.30. The lowest BCUT2D eigenvalue weighted by Gasteiger charge is -2.18. The maximum atomic E-state index is 12.6. The molecule has 0 aromatic rings. The first-order valence-electron chi connectivity index (χ1n) is 20.8. The predicted octanol–water partition coefficient (Wildman–Crippen LogP) is 13.0. The van der Waals surface area contributed by atoms with Gasteiger partial charge in [0.05, 0.1) is 0 Å². The summed E-state index contributed by atoms with van der Waals surface area (Å²) in [5.41, 5.74) is 0. The van der Waals surface area contributed by atoms with E-state index < -0.39 is 6.10 Å². The molecular formula is C45H76O6. The molecule has 0 aromatic carbocycles. The van der Waals surface area contributed by atoms with Gasteiger partial charge in [0, 0.05) is 19.3 Å². The molecule has 0 saturated carbocycles. The fourth-order valence-electron chi connectivity index (χ4n) is 5.48.